The summed E-state index contributed by atoms with van der Waals surface area (Å²) in [5.41, 5.74) is -0.173. The fraction of sp³-hybridized carbons (Fsp3) is 0.429. The van der Waals surface area contributed by atoms with Gasteiger partial charge in [0.1, 0.15) is 6.07 Å². The number of halogens is 3. The molecule has 6 nitrogen and oxygen atoms in total. The zero-order valence-corrected chi connectivity index (χ0v) is 17.4. The maximum absolute atomic E-state index is 13.5. The smallest absolute Gasteiger partial charge is 0.340 e. The Morgan fingerprint density at radius 3 is 2.37 bits per heavy atom. The molecule has 160 valence electrons. The van der Waals surface area contributed by atoms with Gasteiger partial charge >= 0.3 is 6.18 Å². The number of likely N-dealkylation sites (N-methyl/N-ethyl adjacent to an activating group) is 2. The van der Waals surface area contributed by atoms with E-state index in [-0.39, 0.29) is 22.6 Å². The third kappa shape index (κ3) is 6.00. The van der Waals surface area contributed by atoms with Gasteiger partial charge in [-0.2, -0.15) is 18.4 Å². The largest absolute Gasteiger partial charge is 0.416 e. The summed E-state index contributed by atoms with van der Waals surface area (Å²) in [4.78, 5) is 24.2. The van der Waals surface area contributed by atoms with Gasteiger partial charge in [0, 0.05) is 37.0 Å². The maximum Gasteiger partial charge on any atom is 0.416 e. The zero-order valence-electron chi connectivity index (χ0n) is 17.4. The predicted molar refractivity (Wildman–Crippen MR) is 107 cm³/mol. The zero-order chi connectivity index (χ0) is 22.5. The van der Waals surface area contributed by atoms with Crippen molar-refractivity contribution in [3.05, 3.63) is 46.9 Å². The van der Waals surface area contributed by atoms with E-state index in [1.165, 1.54) is 11.0 Å². The van der Waals surface area contributed by atoms with Crippen LogP contribution in [0.5, 0.6) is 0 Å². The van der Waals surface area contributed by atoms with Crippen LogP contribution in [-0.2, 0) is 12.6 Å². The van der Waals surface area contributed by atoms with E-state index in [1.54, 1.807) is 13.1 Å². The number of hydrogen-bond acceptors (Lipinski definition) is 5. The van der Waals surface area contributed by atoms with E-state index >= 15 is 0 Å². The maximum atomic E-state index is 13.5. The van der Waals surface area contributed by atoms with Gasteiger partial charge in [-0.3, -0.25) is 4.79 Å². The second-order valence-electron chi connectivity index (χ2n) is 7.26. The molecule has 0 aliphatic heterocycles. The molecule has 0 saturated heterocycles. The minimum absolute atomic E-state index is 0.0877. The number of rotatable bonds is 7. The van der Waals surface area contributed by atoms with Crippen molar-refractivity contribution in [3.8, 4) is 17.3 Å². The highest BCUT2D eigenvalue weighted by Crippen LogP contribution is 2.33. The van der Waals surface area contributed by atoms with Crippen LogP contribution in [0, 0.1) is 11.3 Å². The number of amides is 1. The number of aryl methyl sites for hydroxylation is 1. The standard InChI is InChI=1S/C21H24F3N5O/c1-5-6-17-12-18(27-19(13-25)26-17)14-9-15(11-16(10-14)21(22,23)24)20(30)29(4)8-7-28(2)3/h9-12H,5-8H2,1-4H3. The Hall–Kier alpha value is -2.99. The summed E-state index contributed by atoms with van der Waals surface area (Å²) in [5, 5.41) is 9.19. The Bertz CT molecular complexity index is 951. The van der Waals surface area contributed by atoms with E-state index in [1.807, 2.05) is 32.0 Å². The first-order valence-electron chi connectivity index (χ1n) is 9.46. The Morgan fingerprint density at radius 1 is 1.10 bits per heavy atom. The number of aromatic nitrogens is 2. The normalized spacial score (nSPS) is 11.4. The van der Waals surface area contributed by atoms with Gasteiger partial charge in [-0.25, -0.2) is 9.97 Å². The summed E-state index contributed by atoms with van der Waals surface area (Å²) in [5.74, 6) is -0.642. The van der Waals surface area contributed by atoms with Crippen molar-refractivity contribution in [2.75, 3.05) is 34.2 Å². The third-order valence-electron chi connectivity index (χ3n) is 4.42. The van der Waals surface area contributed by atoms with E-state index in [0.717, 1.165) is 18.6 Å². The summed E-state index contributed by atoms with van der Waals surface area (Å²) in [7, 11) is 5.23. The monoisotopic (exact) mass is 419 g/mol. The molecular formula is C21H24F3N5O. The Labute approximate surface area is 174 Å². The highest BCUT2D eigenvalue weighted by molar-refractivity contribution is 5.95. The van der Waals surface area contributed by atoms with Gasteiger partial charge in [0.15, 0.2) is 0 Å². The second-order valence-corrected chi connectivity index (χ2v) is 7.26. The van der Waals surface area contributed by atoms with Crippen molar-refractivity contribution in [1.82, 2.24) is 19.8 Å². The molecule has 0 unspecified atom stereocenters. The summed E-state index contributed by atoms with van der Waals surface area (Å²) >= 11 is 0. The van der Waals surface area contributed by atoms with Crippen molar-refractivity contribution < 1.29 is 18.0 Å². The fourth-order valence-corrected chi connectivity index (χ4v) is 2.81. The van der Waals surface area contributed by atoms with Crippen LogP contribution in [0.2, 0.25) is 0 Å². The van der Waals surface area contributed by atoms with Gasteiger partial charge in [0.2, 0.25) is 5.82 Å². The molecular weight excluding hydrogens is 395 g/mol. The summed E-state index contributed by atoms with van der Waals surface area (Å²) in [6.45, 7) is 2.87. The molecule has 0 aliphatic rings. The lowest BCUT2D eigenvalue weighted by Crippen LogP contribution is -2.33. The van der Waals surface area contributed by atoms with Crippen molar-refractivity contribution in [2.24, 2.45) is 0 Å². The molecule has 0 saturated carbocycles. The Morgan fingerprint density at radius 2 is 1.80 bits per heavy atom. The fourth-order valence-electron chi connectivity index (χ4n) is 2.81. The third-order valence-corrected chi connectivity index (χ3v) is 4.42. The molecule has 1 heterocycles. The first-order valence-corrected chi connectivity index (χ1v) is 9.46. The van der Waals surface area contributed by atoms with Crippen molar-refractivity contribution in [3.63, 3.8) is 0 Å². The molecule has 0 bridgehead atoms. The second kappa shape index (κ2) is 9.67. The Kier molecular flexibility index (Phi) is 7.51. The van der Waals surface area contributed by atoms with Gasteiger partial charge in [-0.15, -0.1) is 0 Å². The first kappa shape index (κ1) is 23.3. The highest BCUT2D eigenvalue weighted by Gasteiger charge is 2.32. The average molecular weight is 419 g/mol. The number of nitriles is 1. The molecule has 30 heavy (non-hydrogen) atoms. The molecule has 9 heteroatoms. The lowest BCUT2D eigenvalue weighted by molar-refractivity contribution is -0.137. The van der Waals surface area contributed by atoms with Crippen LogP contribution in [0.4, 0.5) is 13.2 Å². The highest BCUT2D eigenvalue weighted by atomic mass is 19.4. The van der Waals surface area contributed by atoms with Crippen LogP contribution in [0.3, 0.4) is 0 Å². The van der Waals surface area contributed by atoms with Gasteiger partial charge < -0.3 is 9.80 Å². The van der Waals surface area contributed by atoms with Gasteiger partial charge in [-0.1, -0.05) is 13.3 Å². The van der Waals surface area contributed by atoms with E-state index in [9.17, 15) is 23.2 Å². The molecule has 2 rings (SSSR count). The van der Waals surface area contributed by atoms with E-state index in [4.69, 9.17) is 0 Å². The Balaban J connectivity index is 2.56. The number of hydrogen-bond donors (Lipinski definition) is 0. The predicted octanol–water partition coefficient (Wildman–Crippen LogP) is 3.62. The van der Waals surface area contributed by atoms with Crippen LogP contribution in [0.1, 0.15) is 40.8 Å². The van der Waals surface area contributed by atoms with Gasteiger partial charge in [0.25, 0.3) is 5.91 Å². The number of alkyl halides is 3. The molecule has 0 radical (unpaired) electrons. The summed E-state index contributed by atoms with van der Waals surface area (Å²) in [6.07, 6.45) is -3.32. The van der Waals surface area contributed by atoms with Crippen molar-refractivity contribution in [2.45, 2.75) is 25.9 Å². The lowest BCUT2D eigenvalue weighted by atomic mass is 10.0. The summed E-state index contributed by atoms with van der Waals surface area (Å²) < 4.78 is 40.5. The van der Waals surface area contributed by atoms with Gasteiger partial charge in [-0.05, 0) is 44.8 Å². The SMILES string of the molecule is CCCc1cc(-c2cc(C(=O)N(C)CCN(C)C)cc(C(F)(F)F)c2)nc(C#N)n1. The molecule has 1 aromatic carbocycles. The number of nitrogens with zero attached hydrogens (tertiary/aromatic N) is 5. The van der Waals surface area contributed by atoms with Crippen LogP contribution < -0.4 is 0 Å². The quantitative estimate of drug-likeness (QED) is 0.685. The number of benzene rings is 1. The minimum Gasteiger partial charge on any atom is -0.340 e. The van der Waals surface area contributed by atoms with E-state index < -0.39 is 17.6 Å². The van der Waals surface area contributed by atoms with E-state index in [2.05, 4.69) is 9.97 Å². The van der Waals surface area contributed by atoms with Crippen LogP contribution >= 0.6 is 0 Å². The van der Waals surface area contributed by atoms with Crippen molar-refractivity contribution >= 4 is 5.91 Å². The van der Waals surface area contributed by atoms with Crippen LogP contribution in [0.15, 0.2) is 24.3 Å². The summed E-state index contributed by atoms with van der Waals surface area (Å²) in [6, 6.07) is 6.56. The minimum atomic E-state index is -4.63. The van der Waals surface area contributed by atoms with Crippen LogP contribution in [0.25, 0.3) is 11.3 Å². The topological polar surface area (TPSA) is 73.1 Å². The molecule has 0 aliphatic carbocycles. The molecule has 0 N–H and O–H groups in total. The van der Waals surface area contributed by atoms with Crippen molar-refractivity contribution in [1.29, 1.82) is 5.26 Å². The lowest BCUT2D eigenvalue weighted by Gasteiger charge is -2.21. The molecule has 0 fully saturated rings. The molecule has 0 atom stereocenters. The number of carbonyl (C=O) groups excluding carboxylic acids is 1. The molecule has 1 aromatic heterocycles. The van der Waals surface area contributed by atoms with Crippen LogP contribution in [-0.4, -0.2) is 59.9 Å². The molecule has 0 spiro atoms. The van der Waals surface area contributed by atoms with Gasteiger partial charge in [0.05, 0.1) is 11.3 Å². The number of carbonyl (C=O) groups is 1. The molecule has 1 amide bonds. The average Bonchev–Trinajstić information content (AvgIpc) is 2.70. The molecule has 2 aromatic rings. The first-order chi connectivity index (χ1) is 14.0. The van der Waals surface area contributed by atoms with E-state index in [0.29, 0.717) is 25.2 Å².